The van der Waals surface area contributed by atoms with Crippen molar-refractivity contribution < 1.29 is 17.7 Å². The van der Waals surface area contributed by atoms with Crippen molar-refractivity contribution >= 4 is 21.6 Å². The average Bonchev–Trinajstić information content (AvgIpc) is 3.23. The molecule has 1 aliphatic heterocycles. The smallest absolute Gasteiger partial charge is 0.243 e. The van der Waals surface area contributed by atoms with E-state index in [2.05, 4.69) is 5.16 Å². The van der Waals surface area contributed by atoms with Crippen LogP contribution in [0.1, 0.15) is 50.1 Å². The monoisotopic (exact) mass is 384 g/mol. The molecule has 6 nitrogen and oxygen atoms in total. The molecule has 0 bridgehead atoms. The average molecular weight is 385 g/mol. The van der Waals surface area contributed by atoms with Gasteiger partial charge in [-0.1, -0.05) is 30.6 Å². The molecular weight excluding hydrogens is 364 g/mol. The standard InChI is InChI=1S/C17H21ClN2O4S/c1-11(2)17-10-14(19-24-17)15-5-4-8-20(15)25(21,22)12-6-7-16(23-3)13(18)9-12/h6-7,9-11,15H,4-5,8H2,1-3H3/t15-/m1/s1. The van der Waals surface area contributed by atoms with Crippen molar-refractivity contribution in [2.75, 3.05) is 13.7 Å². The van der Waals surface area contributed by atoms with E-state index in [0.29, 0.717) is 24.4 Å². The van der Waals surface area contributed by atoms with Crippen molar-refractivity contribution in [1.29, 1.82) is 0 Å². The van der Waals surface area contributed by atoms with Crippen LogP contribution in [0.25, 0.3) is 0 Å². The van der Waals surface area contributed by atoms with E-state index in [4.69, 9.17) is 20.9 Å². The Kier molecular flexibility index (Phi) is 5.09. The topological polar surface area (TPSA) is 72.6 Å². The summed E-state index contributed by atoms with van der Waals surface area (Å²) >= 11 is 6.10. The highest BCUT2D eigenvalue weighted by atomic mass is 35.5. The minimum absolute atomic E-state index is 0.151. The molecule has 0 radical (unpaired) electrons. The van der Waals surface area contributed by atoms with Gasteiger partial charge < -0.3 is 9.26 Å². The number of aromatic nitrogens is 1. The normalized spacial score (nSPS) is 18.8. The number of sulfonamides is 1. The number of halogens is 1. The van der Waals surface area contributed by atoms with Crippen molar-refractivity contribution in [2.45, 2.75) is 43.5 Å². The molecule has 0 saturated carbocycles. The van der Waals surface area contributed by atoms with E-state index in [-0.39, 0.29) is 21.9 Å². The number of hydrogen-bond donors (Lipinski definition) is 0. The lowest BCUT2D eigenvalue weighted by molar-refractivity contribution is 0.338. The first-order valence-electron chi connectivity index (χ1n) is 8.16. The van der Waals surface area contributed by atoms with E-state index in [1.807, 2.05) is 19.9 Å². The van der Waals surface area contributed by atoms with E-state index in [1.54, 1.807) is 6.07 Å². The van der Waals surface area contributed by atoms with Gasteiger partial charge in [0.1, 0.15) is 17.2 Å². The summed E-state index contributed by atoms with van der Waals surface area (Å²) in [5, 5.41) is 4.36. The Bertz CT molecular complexity index is 863. The molecule has 3 rings (SSSR count). The number of rotatable bonds is 5. The molecule has 2 heterocycles. The second-order valence-electron chi connectivity index (χ2n) is 6.38. The van der Waals surface area contributed by atoms with Crippen molar-refractivity contribution in [3.63, 3.8) is 0 Å². The number of nitrogens with zero attached hydrogens (tertiary/aromatic N) is 2. The highest BCUT2D eigenvalue weighted by Gasteiger charge is 2.38. The maximum atomic E-state index is 13.1. The molecule has 1 saturated heterocycles. The van der Waals surface area contributed by atoms with Crippen LogP contribution in [-0.2, 0) is 10.0 Å². The first-order chi connectivity index (χ1) is 11.8. The predicted octanol–water partition coefficient (Wildman–Crippen LogP) is 3.99. The van der Waals surface area contributed by atoms with Gasteiger partial charge in [-0.2, -0.15) is 4.31 Å². The number of hydrogen-bond acceptors (Lipinski definition) is 5. The van der Waals surface area contributed by atoms with Gasteiger partial charge in [-0.25, -0.2) is 8.42 Å². The zero-order valence-electron chi connectivity index (χ0n) is 14.4. The molecular formula is C17H21ClN2O4S. The largest absolute Gasteiger partial charge is 0.495 e. The van der Waals surface area contributed by atoms with Crippen LogP contribution >= 0.6 is 11.6 Å². The van der Waals surface area contributed by atoms with Gasteiger partial charge in [-0.15, -0.1) is 0 Å². The summed E-state index contributed by atoms with van der Waals surface area (Å²) in [4.78, 5) is 0.151. The summed E-state index contributed by atoms with van der Waals surface area (Å²) in [7, 11) is -2.19. The van der Waals surface area contributed by atoms with Crippen LogP contribution in [0.5, 0.6) is 5.75 Å². The lowest BCUT2D eigenvalue weighted by Gasteiger charge is -2.22. The molecule has 1 aliphatic rings. The quantitative estimate of drug-likeness (QED) is 0.779. The Morgan fingerprint density at radius 3 is 2.72 bits per heavy atom. The van der Waals surface area contributed by atoms with E-state index in [0.717, 1.165) is 12.2 Å². The second kappa shape index (κ2) is 6.97. The molecule has 0 unspecified atom stereocenters. The Labute approximate surface area is 152 Å². The summed E-state index contributed by atoms with van der Waals surface area (Å²) < 4.78 is 38.1. The molecule has 1 fully saturated rings. The minimum Gasteiger partial charge on any atom is -0.495 e. The van der Waals surface area contributed by atoms with Gasteiger partial charge in [-0.05, 0) is 31.0 Å². The number of methoxy groups -OCH3 is 1. The summed E-state index contributed by atoms with van der Waals surface area (Å²) in [6.07, 6.45) is 1.49. The van der Waals surface area contributed by atoms with Gasteiger partial charge >= 0.3 is 0 Å². The van der Waals surface area contributed by atoms with Crippen molar-refractivity contribution in [3.8, 4) is 5.75 Å². The molecule has 136 valence electrons. The molecule has 0 aliphatic carbocycles. The summed E-state index contributed by atoms with van der Waals surface area (Å²) in [6.45, 7) is 4.46. The maximum Gasteiger partial charge on any atom is 0.243 e. The zero-order chi connectivity index (χ0) is 18.2. The first kappa shape index (κ1) is 18.2. The van der Waals surface area contributed by atoms with Crippen LogP contribution in [0, 0.1) is 0 Å². The van der Waals surface area contributed by atoms with E-state index < -0.39 is 10.0 Å². The highest BCUT2D eigenvalue weighted by Crippen LogP contribution is 2.38. The van der Waals surface area contributed by atoms with Crippen LogP contribution < -0.4 is 4.74 Å². The molecule has 25 heavy (non-hydrogen) atoms. The molecule has 1 aromatic heterocycles. The SMILES string of the molecule is COc1ccc(S(=O)(=O)N2CCC[C@@H]2c2cc(C(C)C)on2)cc1Cl. The van der Waals surface area contributed by atoms with Crippen LogP contribution in [0.3, 0.4) is 0 Å². The molecule has 8 heteroatoms. The van der Waals surface area contributed by atoms with Gasteiger partial charge in [0.15, 0.2) is 0 Å². The van der Waals surface area contributed by atoms with Gasteiger partial charge in [0.25, 0.3) is 0 Å². The van der Waals surface area contributed by atoms with Crippen LogP contribution in [0.4, 0.5) is 0 Å². The van der Waals surface area contributed by atoms with Crippen LogP contribution in [-0.4, -0.2) is 31.5 Å². The third kappa shape index (κ3) is 3.41. The fourth-order valence-electron chi connectivity index (χ4n) is 3.00. The fraction of sp³-hybridized carbons (Fsp3) is 0.471. The summed E-state index contributed by atoms with van der Waals surface area (Å²) in [5.74, 6) is 1.40. The summed E-state index contributed by atoms with van der Waals surface area (Å²) in [6, 6.07) is 6.03. The van der Waals surface area contributed by atoms with Gasteiger partial charge in [0.05, 0.1) is 23.1 Å². The van der Waals surface area contributed by atoms with E-state index in [1.165, 1.54) is 23.5 Å². The van der Waals surface area contributed by atoms with Gasteiger partial charge in [0, 0.05) is 18.5 Å². The van der Waals surface area contributed by atoms with Gasteiger partial charge in [-0.3, -0.25) is 0 Å². The first-order valence-corrected chi connectivity index (χ1v) is 9.98. The Hall–Kier alpha value is -1.57. The fourth-order valence-corrected chi connectivity index (χ4v) is 5.02. The summed E-state index contributed by atoms with van der Waals surface area (Å²) in [5.41, 5.74) is 0.657. The molecule has 0 spiro atoms. The van der Waals surface area contributed by atoms with E-state index >= 15 is 0 Å². The Balaban J connectivity index is 1.93. The van der Waals surface area contributed by atoms with Gasteiger partial charge in [0.2, 0.25) is 10.0 Å². The Morgan fingerprint density at radius 2 is 2.12 bits per heavy atom. The third-order valence-electron chi connectivity index (χ3n) is 4.39. The number of ether oxygens (including phenoxy) is 1. The highest BCUT2D eigenvalue weighted by molar-refractivity contribution is 7.89. The lowest BCUT2D eigenvalue weighted by Crippen LogP contribution is -2.30. The molecule has 0 amide bonds. The Morgan fingerprint density at radius 1 is 1.36 bits per heavy atom. The second-order valence-corrected chi connectivity index (χ2v) is 8.68. The van der Waals surface area contributed by atoms with Crippen LogP contribution in [0.2, 0.25) is 5.02 Å². The third-order valence-corrected chi connectivity index (χ3v) is 6.59. The van der Waals surface area contributed by atoms with Crippen molar-refractivity contribution in [2.24, 2.45) is 0 Å². The molecule has 1 aromatic carbocycles. The maximum absolute atomic E-state index is 13.1. The predicted molar refractivity (Wildman–Crippen MR) is 94.5 cm³/mol. The zero-order valence-corrected chi connectivity index (χ0v) is 16.0. The minimum atomic E-state index is -3.68. The number of benzene rings is 1. The van der Waals surface area contributed by atoms with Crippen molar-refractivity contribution in [3.05, 3.63) is 40.7 Å². The van der Waals surface area contributed by atoms with Crippen molar-refractivity contribution in [1.82, 2.24) is 9.46 Å². The molecule has 2 aromatic rings. The van der Waals surface area contributed by atoms with Crippen LogP contribution in [0.15, 0.2) is 33.7 Å². The molecule has 0 N–H and O–H groups in total. The van der Waals surface area contributed by atoms with E-state index in [9.17, 15) is 8.42 Å². The lowest BCUT2D eigenvalue weighted by atomic mass is 10.1. The molecule has 1 atom stereocenters.